The van der Waals surface area contributed by atoms with Crippen LogP contribution in [-0.2, 0) is 0 Å². The number of carboxylic acids is 1. The molecule has 0 aromatic heterocycles. The Balaban J connectivity index is 3.78. The van der Waals surface area contributed by atoms with E-state index >= 15 is 0 Å². The molecule has 17 heavy (non-hydrogen) atoms. The molecule has 0 atom stereocenters. The van der Waals surface area contributed by atoms with Crippen molar-refractivity contribution < 1.29 is 19.7 Å². The van der Waals surface area contributed by atoms with Crippen molar-refractivity contribution in [2.24, 2.45) is 0 Å². The van der Waals surface area contributed by atoms with E-state index in [1.165, 1.54) is 13.8 Å². The lowest BCUT2D eigenvalue weighted by molar-refractivity contribution is -0.390. The fourth-order valence-corrected chi connectivity index (χ4v) is 1.57. The minimum Gasteiger partial charge on any atom is -0.477 e. The van der Waals surface area contributed by atoms with Gasteiger partial charge in [-0.15, -0.1) is 0 Å². The molecule has 0 unspecified atom stereocenters. The lowest BCUT2D eigenvalue weighted by atomic mass is 10.0. The predicted molar refractivity (Wildman–Crippen MR) is 56.2 cm³/mol. The van der Waals surface area contributed by atoms with Gasteiger partial charge in [-0.05, 0) is 13.8 Å². The quantitative estimate of drug-likeness (QED) is 0.634. The van der Waals surface area contributed by atoms with Crippen molar-refractivity contribution in [2.75, 3.05) is 0 Å². The van der Waals surface area contributed by atoms with Crippen LogP contribution in [0.25, 0.3) is 0 Å². The van der Waals surface area contributed by atoms with Gasteiger partial charge in [0, 0.05) is 17.2 Å². The van der Waals surface area contributed by atoms with Gasteiger partial charge in [0.25, 0.3) is 11.4 Å². The monoisotopic (exact) mass is 240 g/mol. The number of rotatable bonds is 3. The molecule has 0 bridgehead atoms. The fraction of sp³-hybridized carbons (Fsp3) is 0.222. The van der Waals surface area contributed by atoms with E-state index in [1.807, 2.05) is 0 Å². The molecule has 1 rings (SSSR count). The number of carbonyl (C=O) groups is 1. The van der Waals surface area contributed by atoms with Crippen molar-refractivity contribution in [2.45, 2.75) is 13.8 Å². The molecule has 0 heterocycles. The highest BCUT2D eigenvalue weighted by molar-refractivity contribution is 5.96. The van der Waals surface area contributed by atoms with Crippen LogP contribution in [-0.4, -0.2) is 20.9 Å². The summed E-state index contributed by atoms with van der Waals surface area (Å²) in [5.41, 5.74) is -1.96. The minimum atomic E-state index is -1.55. The number of hydrogen-bond donors (Lipinski definition) is 1. The van der Waals surface area contributed by atoms with Gasteiger partial charge in [-0.25, -0.2) is 4.79 Å². The second kappa shape index (κ2) is 4.16. The molecule has 1 N–H and O–H groups in total. The molecule has 0 saturated heterocycles. The molecule has 0 amide bonds. The van der Waals surface area contributed by atoms with E-state index in [-0.39, 0.29) is 11.1 Å². The Morgan fingerprint density at radius 2 is 1.76 bits per heavy atom. The van der Waals surface area contributed by atoms with Crippen LogP contribution < -0.4 is 0 Å². The van der Waals surface area contributed by atoms with E-state index in [4.69, 9.17) is 5.11 Å². The first-order valence-corrected chi connectivity index (χ1v) is 4.43. The van der Waals surface area contributed by atoms with Crippen LogP contribution >= 0.6 is 0 Å². The van der Waals surface area contributed by atoms with E-state index in [0.29, 0.717) is 0 Å². The summed E-state index contributed by atoms with van der Waals surface area (Å²) in [6, 6.07) is 1.000. The smallest absolute Gasteiger partial charge is 0.343 e. The number of aryl methyl sites for hydroxylation is 1. The first-order chi connectivity index (χ1) is 7.77. The van der Waals surface area contributed by atoms with Gasteiger partial charge in [-0.2, -0.15) is 0 Å². The number of benzene rings is 1. The zero-order valence-electron chi connectivity index (χ0n) is 8.96. The Hall–Kier alpha value is -2.51. The third kappa shape index (κ3) is 2.05. The Morgan fingerprint density at radius 1 is 1.24 bits per heavy atom. The van der Waals surface area contributed by atoms with Crippen molar-refractivity contribution in [1.29, 1.82) is 0 Å². The molecule has 0 fully saturated rings. The summed E-state index contributed by atoms with van der Waals surface area (Å²) < 4.78 is 0. The first-order valence-electron chi connectivity index (χ1n) is 4.43. The van der Waals surface area contributed by atoms with E-state index in [2.05, 4.69) is 0 Å². The van der Waals surface area contributed by atoms with Crippen LogP contribution in [0.1, 0.15) is 21.5 Å². The molecule has 1 aromatic rings. The maximum atomic E-state index is 10.9. The first kappa shape index (κ1) is 12.6. The molecule has 0 saturated carbocycles. The number of nitro groups is 2. The second-order valence-corrected chi connectivity index (χ2v) is 3.38. The maximum absolute atomic E-state index is 10.9. The molecule has 0 aliphatic heterocycles. The standard InChI is InChI=1S/C9H8N2O6/c1-4-3-6(10(14)15)5(2)7(9(12)13)8(4)11(16)17/h3H,1-2H3,(H,12,13). The molecule has 0 radical (unpaired) electrons. The Labute approximate surface area is 94.8 Å². The lowest BCUT2D eigenvalue weighted by Gasteiger charge is -2.05. The average Bonchev–Trinajstić information content (AvgIpc) is 2.18. The van der Waals surface area contributed by atoms with Gasteiger partial charge in [0.15, 0.2) is 0 Å². The van der Waals surface area contributed by atoms with E-state index in [1.54, 1.807) is 0 Å². The van der Waals surface area contributed by atoms with Gasteiger partial charge >= 0.3 is 5.97 Å². The molecule has 8 heteroatoms. The van der Waals surface area contributed by atoms with Crippen molar-refractivity contribution >= 4 is 17.3 Å². The molecule has 1 aromatic carbocycles. The van der Waals surface area contributed by atoms with Crippen molar-refractivity contribution in [1.82, 2.24) is 0 Å². The van der Waals surface area contributed by atoms with E-state index in [9.17, 15) is 25.0 Å². The number of nitro benzene ring substituents is 2. The largest absolute Gasteiger partial charge is 0.477 e. The number of carboxylic acid groups (broad SMARTS) is 1. The highest BCUT2D eigenvalue weighted by Gasteiger charge is 2.30. The van der Waals surface area contributed by atoms with Crippen LogP contribution in [0.5, 0.6) is 0 Å². The summed E-state index contributed by atoms with van der Waals surface area (Å²) in [5.74, 6) is -1.55. The highest BCUT2D eigenvalue weighted by Crippen LogP contribution is 2.33. The lowest BCUT2D eigenvalue weighted by Crippen LogP contribution is -2.09. The second-order valence-electron chi connectivity index (χ2n) is 3.38. The van der Waals surface area contributed by atoms with Crippen LogP contribution in [0.2, 0.25) is 0 Å². The van der Waals surface area contributed by atoms with Crippen LogP contribution in [0, 0.1) is 34.1 Å². The van der Waals surface area contributed by atoms with Crippen LogP contribution in [0.3, 0.4) is 0 Å². The SMILES string of the molecule is Cc1cc([N+](=O)[O-])c(C)c(C(=O)O)c1[N+](=O)[O-]. The van der Waals surface area contributed by atoms with Crippen molar-refractivity contribution in [3.8, 4) is 0 Å². The summed E-state index contributed by atoms with van der Waals surface area (Å²) in [4.78, 5) is 30.8. The zero-order chi connectivity index (χ0) is 13.3. The van der Waals surface area contributed by atoms with Crippen molar-refractivity contribution in [3.05, 3.63) is 43.0 Å². The van der Waals surface area contributed by atoms with E-state index < -0.39 is 32.8 Å². The topological polar surface area (TPSA) is 124 Å². The molecular weight excluding hydrogens is 232 g/mol. The molecule has 0 aliphatic carbocycles. The summed E-state index contributed by atoms with van der Waals surface area (Å²) in [6.07, 6.45) is 0. The Kier molecular flexibility index (Phi) is 3.07. The Bertz CT molecular complexity index is 537. The van der Waals surface area contributed by atoms with Gasteiger partial charge in [0.05, 0.1) is 9.85 Å². The van der Waals surface area contributed by atoms with E-state index in [0.717, 1.165) is 6.07 Å². The van der Waals surface area contributed by atoms with Gasteiger partial charge in [0.2, 0.25) is 0 Å². The molecule has 0 spiro atoms. The summed E-state index contributed by atoms with van der Waals surface area (Å²) in [6.45, 7) is 2.44. The summed E-state index contributed by atoms with van der Waals surface area (Å²) >= 11 is 0. The summed E-state index contributed by atoms with van der Waals surface area (Å²) in [5, 5.41) is 30.3. The van der Waals surface area contributed by atoms with Gasteiger partial charge in [-0.3, -0.25) is 20.2 Å². The third-order valence-corrected chi connectivity index (χ3v) is 2.32. The fourth-order valence-electron chi connectivity index (χ4n) is 1.57. The molecule has 0 aliphatic rings. The maximum Gasteiger partial charge on any atom is 0.343 e. The average molecular weight is 240 g/mol. The van der Waals surface area contributed by atoms with Crippen molar-refractivity contribution in [3.63, 3.8) is 0 Å². The third-order valence-electron chi connectivity index (χ3n) is 2.32. The number of nitrogens with zero attached hydrogens (tertiary/aromatic N) is 2. The molecular formula is C9H8N2O6. The van der Waals surface area contributed by atoms with Gasteiger partial charge in [-0.1, -0.05) is 0 Å². The Morgan fingerprint density at radius 3 is 2.12 bits per heavy atom. The van der Waals surface area contributed by atoms with Crippen LogP contribution in [0.15, 0.2) is 6.07 Å². The number of hydrogen-bond acceptors (Lipinski definition) is 5. The zero-order valence-corrected chi connectivity index (χ0v) is 8.96. The summed E-state index contributed by atoms with van der Waals surface area (Å²) in [7, 11) is 0. The highest BCUT2D eigenvalue weighted by atomic mass is 16.6. The van der Waals surface area contributed by atoms with Gasteiger partial charge in [0.1, 0.15) is 5.56 Å². The minimum absolute atomic E-state index is 0.0512. The van der Waals surface area contributed by atoms with Crippen LogP contribution in [0.4, 0.5) is 11.4 Å². The molecule has 90 valence electrons. The predicted octanol–water partition coefficient (Wildman–Crippen LogP) is 1.82. The normalized spacial score (nSPS) is 10.0. The van der Waals surface area contributed by atoms with Gasteiger partial charge < -0.3 is 5.11 Å². The molecule has 8 nitrogen and oxygen atoms in total. The number of aromatic carboxylic acids is 1.